The summed E-state index contributed by atoms with van der Waals surface area (Å²) < 4.78 is 0. The fraction of sp³-hybridized carbons (Fsp3) is 0.966. The molecule has 5 aliphatic rings. The summed E-state index contributed by atoms with van der Waals surface area (Å²) in [6.07, 6.45) is 14.5. The van der Waals surface area contributed by atoms with Crippen LogP contribution in [0.1, 0.15) is 104 Å². The van der Waals surface area contributed by atoms with E-state index >= 15 is 0 Å². The maximum absolute atomic E-state index is 12.8. The molecule has 5 fully saturated rings. The third kappa shape index (κ3) is 4.20. The van der Waals surface area contributed by atoms with Crippen LogP contribution in [-0.2, 0) is 4.79 Å². The molecule has 1 amide bonds. The van der Waals surface area contributed by atoms with Gasteiger partial charge in [-0.25, -0.2) is 0 Å². The Hall–Kier alpha value is -0.610. The molecule has 188 valence electrons. The van der Waals surface area contributed by atoms with E-state index in [-0.39, 0.29) is 12.2 Å². The lowest BCUT2D eigenvalue weighted by atomic mass is 9.44. The highest BCUT2D eigenvalue weighted by molar-refractivity contribution is 5.76. The lowest BCUT2D eigenvalue weighted by Gasteiger charge is -2.61. The van der Waals surface area contributed by atoms with Crippen LogP contribution < -0.4 is 0 Å². The third-order valence-corrected chi connectivity index (χ3v) is 12.0. The van der Waals surface area contributed by atoms with Crippen molar-refractivity contribution in [1.29, 1.82) is 0 Å². The van der Waals surface area contributed by atoms with Crippen molar-refractivity contribution < 1.29 is 15.0 Å². The van der Waals surface area contributed by atoms with Gasteiger partial charge in [-0.15, -0.1) is 0 Å². The predicted molar refractivity (Wildman–Crippen MR) is 131 cm³/mol. The average Bonchev–Trinajstić information content (AvgIpc) is 3.15. The summed E-state index contributed by atoms with van der Waals surface area (Å²) in [6.45, 7) is 9.10. The fourth-order valence-corrected chi connectivity index (χ4v) is 10.0. The number of amides is 1. The van der Waals surface area contributed by atoms with Gasteiger partial charge in [0.1, 0.15) is 0 Å². The van der Waals surface area contributed by atoms with Crippen molar-refractivity contribution in [2.45, 2.75) is 116 Å². The van der Waals surface area contributed by atoms with E-state index in [1.165, 1.54) is 44.9 Å². The first kappa shape index (κ1) is 24.1. The summed E-state index contributed by atoms with van der Waals surface area (Å²) in [7, 11) is 0. The number of nitrogens with zero attached hydrogens (tertiary/aromatic N) is 1. The van der Waals surface area contributed by atoms with E-state index in [4.69, 9.17) is 0 Å². The number of likely N-dealkylation sites (tertiary alicyclic amines) is 1. The van der Waals surface area contributed by atoms with Crippen molar-refractivity contribution in [3.8, 4) is 0 Å². The molecule has 4 heteroatoms. The smallest absolute Gasteiger partial charge is 0.222 e. The van der Waals surface area contributed by atoms with E-state index in [2.05, 4.69) is 20.8 Å². The minimum Gasteiger partial charge on any atom is -0.393 e. The van der Waals surface area contributed by atoms with E-state index in [0.717, 1.165) is 74.8 Å². The molecule has 0 unspecified atom stereocenters. The van der Waals surface area contributed by atoms with Gasteiger partial charge in [-0.05, 0) is 123 Å². The Morgan fingerprint density at radius 1 is 0.879 bits per heavy atom. The molecule has 0 bridgehead atoms. The molecule has 0 radical (unpaired) electrons. The molecule has 4 aliphatic carbocycles. The molecule has 1 heterocycles. The molecule has 0 aromatic rings. The summed E-state index contributed by atoms with van der Waals surface area (Å²) in [5.41, 5.74) is 0.915. The number of rotatable bonds is 4. The second kappa shape index (κ2) is 9.12. The first-order valence-electron chi connectivity index (χ1n) is 14.4. The Bertz CT molecular complexity index is 718. The number of carbonyl (C=O) groups excluding carboxylic acids is 1. The van der Waals surface area contributed by atoms with Crippen LogP contribution in [0.2, 0.25) is 0 Å². The van der Waals surface area contributed by atoms with Gasteiger partial charge in [0, 0.05) is 19.5 Å². The average molecular weight is 460 g/mol. The number of aliphatic hydroxyl groups is 2. The van der Waals surface area contributed by atoms with E-state index in [1.807, 2.05) is 4.90 Å². The van der Waals surface area contributed by atoms with Gasteiger partial charge in [-0.3, -0.25) is 4.79 Å². The summed E-state index contributed by atoms with van der Waals surface area (Å²) in [6, 6.07) is 0. The zero-order valence-electron chi connectivity index (χ0n) is 21.5. The molecule has 5 rings (SSSR count). The molecule has 4 nitrogen and oxygen atoms in total. The summed E-state index contributed by atoms with van der Waals surface area (Å²) in [5.74, 6) is 5.05. The molecule has 0 spiro atoms. The quantitative estimate of drug-likeness (QED) is 0.591. The maximum Gasteiger partial charge on any atom is 0.222 e. The van der Waals surface area contributed by atoms with Crippen LogP contribution in [-0.4, -0.2) is 46.3 Å². The fourth-order valence-electron chi connectivity index (χ4n) is 10.0. The first-order chi connectivity index (χ1) is 15.7. The van der Waals surface area contributed by atoms with Crippen LogP contribution in [0, 0.1) is 46.3 Å². The standard InChI is InChI=1S/C29H49NO3/c1-19(4-9-27(33)30-16-12-21(31)13-17-30)24-7-8-25-23-6-5-20-18-22(32)10-14-28(20,2)26(23)11-15-29(24,25)3/h19-26,31-32H,4-18H2,1-3H3/t19-,20+,22+,23+,24-,25+,26+,28+,29-/m1/s1. The summed E-state index contributed by atoms with van der Waals surface area (Å²) in [4.78, 5) is 14.8. The lowest BCUT2D eigenvalue weighted by Crippen LogP contribution is -2.54. The second-order valence-electron chi connectivity index (χ2n) is 13.4. The van der Waals surface area contributed by atoms with E-state index in [1.54, 1.807) is 0 Å². The zero-order valence-corrected chi connectivity index (χ0v) is 21.5. The van der Waals surface area contributed by atoms with Crippen LogP contribution in [0.3, 0.4) is 0 Å². The highest BCUT2D eigenvalue weighted by Gasteiger charge is 2.60. The van der Waals surface area contributed by atoms with Crippen LogP contribution >= 0.6 is 0 Å². The monoisotopic (exact) mass is 459 g/mol. The number of carbonyl (C=O) groups is 1. The number of piperidine rings is 1. The molecule has 0 aromatic heterocycles. The Balaban J connectivity index is 1.21. The highest BCUT2D eigenvalue weighted by Crippen LogP contribution is 2.68. The molecule has 0 aromatic carbocycles. The number of hydrogen-bond donors (Lipinski definition) is 2. The normalized spacial score (nSPS) is 46.9. The van der Waals surface area contributed by atoms with Gasteiger partial charge in [0.15, 0.2) is 0 Å². The molecular weight excluding hydrogens is 410 g/mol. The van der Waals surface area contributed by atoms with Crippen molar-refractivity contribution in [3.63, 3.8) is 0 Å². The van der Waals surface area contributed by atoms with Crippen LogP contribution in [0.25, 0.3) is 0 Å². The number of hydrogen-bond acceptors (Lipinski definition) is 3. The maximum atomic E-state index is 12.8. The van der Waals surface area contributed by atoms with Crippen molar-refractivity contribution in [1.82, 2.24) is 4.90 Å². The minimum atomic E-state index is -0.213. The van der Waals surface area contributed by atoms with Gasteiger partial charge in [-0.2, -0.15) is 0 Å². The van der Waals surface area contributed by atoms with Crippen molar-refractivity contribution >= 4 is 5.91 Å². The second-order valence-corrected chi connectivity index (χ2v) is 13.4. The van der Waals surface area contributed by atoms with Crippen LogP contribution in [0.4, 0.5) is 0 Å². The molecular formula is C29H49NO3. The van der Waals surface area contributed by atoms with Gasteiger partial charge in [0.2, 0.25) is 5.91 Å². The van der Waals surface area contributed by atoms with Crippen LogP contribution in [0.15, 0.2) is 0 Å². The predicted octanol–water partition coefficient (Wildman–Crippen LogP) is 5.41. The Labute approximate surface area is 201 Å². The molecule has 9 atom stereocenters. The minimum absolute atomic E-state index is 0.0529. The lowest BCUT2D eigenvalue weighted by molar-refractivity contribution is -0.134. The topological polar surface area (TPSA) is 60.8 Å². The van der Waals surface area contributed by atoms with Gasteiger partial charge >= 0.3 is 0 Å². The largest absolute Gasteiger partial charge is 0.393 e. The van der Waals surface area contributed by atoms with Gasteiger partial charge in [0.05, 0.1) is 12.2 Å². The van der Waals surface area contributed by atoms with Crippen molar-refractivity contribution in [2.24, 2.45) is 46.3 Å². The molecule has 2 N–H and O–H groups in total. The van der Waals surface area contributed by atoms with Crippen molar-refractivity contribution in [2.75, 3.05) is 13.1 Å². The number of aliphatic hydroxyl groups excluding tert-OH is 2. The van der Waals surface area contributed by atoms with Crippen LogP contribution in [0.5, 0.6) is 0 Å². The molecule has 4 saturated carbocycles. The Morgan fingerprint density at radius 2 is 1.58 bits per heavy atom. The summed E-state index contributed by atoms with van der Waals surface area (Å²) >= 11 is 0. The van der Waals surface area contributed by atoms with Crippen molar-refractivity contribution in [3.05, 3.63) is 0 Å². The van der Waals surface area contributed by atoms with E-state index in [9.17, 15) is 15.0 Å². The van der Waals surface area contributed by atoms with E-state index < -0.39 is 0 Å². The van der Waals surface area contributed by atoms with E-state index in [0.29, 0.717) is 29.1 Å². The first-order valence-corrected chi connectivity index (χ1v) is 14.4. The van der Waals surface area contributed by atoms with Gasteiger partial charge in [-0.1, -0.05) is 20.8 Å². The molecule has 1 aliphatic heterocycles. The SMILES string of the molecule is C[C@H](CCC(=O)N1CCC(O)CC1)[C@H]1CC[C@H]2[C@@H]3CC[C@H]4C[C@@H](O)CC[C@]4(C)[C@H]3CC[C@]12C. The molecule has 33 heavy (non-hydrogen) atoms. The molecule has 1 saturated heterocycles. The van der Waals surface area contributed by atoms with Gasteiger partial charge in [0.25, 0.3) is 0 Å². The zero-order chi connectivity index (χ0) is 23.4. The third-order valence-electron chi connectivity index (χ3n) is 12.0. The Kier molecular flexibility index (Phi) is 6.66. The highest BCUT2D eigenvalue weighted by atomic mass is 16.3. The summed E-state index contributed by atoms with van der Waals surface area (Å²) in [5, 5.41) is 20.0. The Morgan fingerprint density at radius 3 is 2.33 bits per heavy atom. The van der Waals surface area contributed by atoms with Gasteiger partial charge < -0.3 is 15.1 Å². The number of fused-ring (bicyclic) bond motifs is 5.